The largest absolute Gasteiger partial charge is 0.376 e. The van der Waals surface area contributed by atoms with Gasteiger partial charge in [0, 0.05) is 33.6 Å². The van der Waals surface area contributed by atoms with Crippen LogP contribution in [0.15, 0.2) is 24.3 Å². The number of rotatable bonds is 2. The van der Waals surface area contributed by atoms with Crippen molar-refractivity contribution in [1.29, 1.82) is 0 Å². The van der Waals surface area contributed by atoms with Crippen LogP contribution in [-0.4, -0.2) is 49.9 Å². The molecule has 0 aromatic heterocycles. The third kappa shape index (κ3) is 2.37. The van der Waals surface area contributed by atoms with Crippen molar-refractivity contribution >= 4 is 23.2 Å². The first-order valence-electron chi connectivity index (χ1n) is 7.47. The predicted molar refractivity (Wildman–Crippen MR) is 82.5 cm³/mol. The van der Waals surface area contributed by atoms with Crippen LogP contribution in [0, 0.1) is 0 Å². The second-order valence-electron chi connectivity index (χ2n) is 5.87. The molecule has 0 aliphatic carbocycles. The van der Waals surface area contributed by atoms with Crippen molar-refractivity contribution < 1.29 is 9.59 Å². The topological polar surface area (TPSA) is 43.9 Å². The standard InChI is InChI=1S/C16H21N3O2/c1-17(2)12-6-3-4-7-13(12)19-11-9-15(20)18-10-5-8-14(18)16(19)21/h3-4,6-7,14H,5,8-11H2,1-2H3. The third-order valence-electron chi connectivity index (χ3n) is 4.33. The molecule has 2 aliphatic rings. The van der Waals surface area contributed by atoms with Gasteiger partial charge in [-0.05, 0) is 25.0 Å². The SMILES string of the molecule is CN(C)c1ccccc1N1CCC(=O)N2CCCC2C1=O. The highest BCUT2D eigenvalue weighted by Crippen LogP contribution is 2.32. The zero-order valence-electron chi connectivity index (χ0n) is 12.6. The maximum Gasteiger partial charge on any atom is 0.249 e. The zero-order chi connectivity index (χ0) is 15.0. The van der Waals surface area contributed by atoms with Crippen LogP contribution < -0.4 is 9.80 Å². The van der Waals surface area contributed by atoms with E-state index in [1.807, 2.05) is 43.3 Å². The van der Waals surface area contributed by atoms with Gasteiger partial charge in [0.15, 0.2) is 0 Å². The molecular weight excluding hydrogens is 266 g/mol. The third-order valence-corrected chi connectivity index (χ3v) is 4.33. The highest BCUT2D eigenvalue weighted by molar-refractivity contribution is 6.03. The lowest BCUT2D eigenvalue weighted by molar-refractivity contribution is -0.135. The quantitative estimate of drug-likeness (QED) is 0.827. The van der Waals surface area contributed by atoms with Gasteiger partial charge in [0.2, 0.25) is 11.8 Å². The molecule has 0 N–H and O–H groups in total. The van der Waals surface area contributed by atoms with Crippen molar-refractivity contribution in [2.75, 3.05) is 37.0 Å². The van der Waals surface area contributed by atoms with Crippen LogP contribution in [0.2, 0.25) is 0 Å². The summed E-state index contributed by atoms with van der Waals surface area (Å²) in [5.41, 5.74) is 1.90. The van der Waals surface area contributed by atoms with Gasteiger partial charge in [0.05, 0.1) is 11.4 Å². The fourth-order valence-electron chi connectivity index (χ4n) is 3.27. The average molecular weight is 287 g/mol. The molecule has 3 rings (SSSR count). The summed E-state index contributed by atoms with van der Waals surface area (Å²) in [6, 6.07) is 7.60. The molecule has 1 atom stereocenters. The minimum absolute atomic E-state index is 0.0626. The second kappa shape index (κ2) is 5.39. The molecule has 1 aromatic rings. The van der Waals surface area contributed by atoms with E-state index < -0.39 is 0 Å². The van der Waals surface area contributed by atoms with Crippen molar-refractivity contribution in [3.05, 3.63) is 24.3 Å². The van der Waals surface area contributed by atoms with Gasteiger partial charge in [0.1, 0.15) is 6.04 Å². The Morgan fingerprint density at radius 1 is 1.14 bits per heavy atom. The molecule has 0 saturated carbocycles. The number of carbonyl (C=O) groups excluding carboxylic acids is 2. The minimum atomic E-state index is -0.268. The molecule has 112 valence electrons. The zero-order valence-corrected chi connectivity index (χ0v) is 12.6. The summed E-state index contributed by atoms with van der Waals surface area (Å²) < 4.78 is 0. The molecule has 5 nitrogen and oxygen atoms in total. The summed E-state index contributed by atoms with van der Waals surface area (Å²) in [7, 11) is 3.93. The Morgan fingerprint density at radius 3 is 2.67 bits per heavy atom. The van der Waals surface area contributed by atoms with Gasteiger partial charge in [-0.2, -0.15) is 0 Å². The number of anilines is 2. The van der Waals surface area contributed by atoms with Crippen LogP contribution in [0.4, 0.5) is 11.4 Å². The first kappa shape index (κ1) is 13.9. The van der Waals surface area contributed by atoms with Crippen LogP contribution in [0.25, 0.3) is 0 Å². The molecule has 2 amide bonds. The molecule has 0 bridgehead atoms. The summed E-state index contributed by atoms with van der Waals surface area (Å²) in [4.78, 5) is 30.6. The number of fused-ring (bicyclic) bond motifs is 1. The lowest BCUT2D eigenvalue weighted by Crippen LogP contribution is -2.44. The number of hydrogen-bond acceptors (Lipinski definition) is 3. The second-order valence-corrected chi connectivity index (χ2v) is 5.87. The van der Waals surface area contributed by atoms with Gasteiger partial charge >= 0.3 is 0 Å². The van der Waals surface area contributed by atoms with E-state index in [9.17, 15) is 9.59 Å². The number of carbonyl (C=O) groups is 2. The Morgan fingerprint density at radius 2 is 1.90 bits per heavy atom. The van der Waals surface area contributed by atoms with E-state index in [1.165, 1.54) is 0 Å². The molecule has 2 aliphatic heterocycles. The first-order chi connectivity index (χ1) is 10.1. The summed E-state index contributed by atoms with van der Waals surface area (Å²) >= 11 is 0. The van der Waals surface area contributed by atoms with Gasteiger partial charge in [-0.15, -0.1) is 0 Å². The number of amides is 2. The summed E-state index contributed by atoms with van der Waals surface area (Å²) in [6.45, 7) is 1.19. The molecule has 2 saturated heterocycles. The van der Waals surface area contributed by atoms with Crippen LogP contribution >= 0.6 is 0 Å². The molecule has 1 unspecified atom stereocenters. The molecule has 0 spiro atoms. The molecular formula is C16H21N3O2. The van der Waals surface area contributed by atoms with E-state index >= 15 is 0 Å². The van der Waals surface area contributed by atoms with E-state index in [1.54, 1.807) is 9.80 Å². The van der Waals surface area contributed by atoms with Crippen molar-refractivity contribution in [2.45, 2.75) is 25.3 Å². The van der Waals surface area contributed by atoms with Gasteiger partial charge in [-0.3, -0.25) is 9.59 Å². The number of hydrogen-bond donors (Lipinski definition) is 0. The van der Waals surface area contributed by atoms with Crippen LogP contribution in [0.3, 0.4) is 0 Å². The summed E-state index contributed by atoms with van der Waals surface area (Å²) in [5, 5.41) is 0. The fraction of sp³-hybridized carbons (Fsp3) is 0.500. The Hall–Kier alpha value is -2.04. The van der Waals surface area contributed by atoms with Crippen molar-refractivity contribution in [1.82, 2.24) is 4.90 Å². The predicted octanol–water partition coefficient (Wildman–Crippen LogP) is 1.48. The van der Waals surface area contributed by atoms with Crippen molar-refractivity contribution in [3.8, 4) is 0 Å². The van der Waals surface area contributed by atoms with Gasteiger partial charge in [0.25, 0.3) is 0 Å². The average Bonchev–Trinajstić information content (AvgIpc) is 2.93. The highest BCUT2D eigenvalue weighted by atomic mass is 16.2. The number of para-hydroxylation sites is 2. The van der Waals surface area contributed by atoms with Crippen LogP contribution in [0.1, 0.15) is 19.3 Å². The van der Waals surface area contributed by atoms with E-state index in [0.29, 0.717) is 13.0 Å². The monoisotopic (exact) mass is 287 g/mol. The Kier molecular flexibility index (Phi) is 3.57. The normalized spacial score (nSPS) is 22.3. The minimum Gasteiger partial charge on any atom is -0.376 e. The van der Waals surface area contributed by atoms with Crippen LogP contribution in [-0.2, 0) is 9.59 Å². The summed E-state index contributed by atoms with van der Waals surface area (Å²) in [6.07, 6.45) is 2.11. The summed E-state index contributed by atoms with van der Waals surface area (Å²) in [5.74, 6) is 0.170. The van der Waals surface area contributed by atoms with Crippen molar-refractivity contribution in [3.63, 3.8) is 0 Å². The molecule has 5 heteroatoms. The number of nitrogens with zero attached hydrogens (tertiary/aromatic N) is 3. The molecule has 2 fully saturated rings. The van der Waals surface area contributed by atoms with Crippen molar-refractivity contribution in [2.24, 2.45) is 0 Å². The lowest BCUT2D eigenvalue weighted by atomic mass is 10.1. The smallest absolute Gasteiger partial charge is 0.249 e. The Labute approximate surface area is 125 Å². The van der Waals surface area contributed by atoms with E-state index in [2.05, 4.69) is 0 Å². The van der Waals surface area contributed by atoms with Gasteiger partial charge in [-0.25, -0.2) is 0 Å². The van der Waals surface area contributed by atoms with Gasteiger partial charge in [-0.1, -0.05) is 12.1 Å². The maximum atomic E-state index is 12.9. The molecule has 1 aromatic carbocycles. The van der Waals surface area contributed by atoms with Gasteiger partial charge < -0.3 is 14.7 Å². The maximum absolute atomic E-state index is 12.9. The van der Waals surface area contributed by atoms with E-state index in [-0.39, 0.29) is 17.9 Å². The lowest BCUT2D eigenvalue weighted by Gasteiger charge is -2.28. The first-order valence-corrected chi connectivity index (χ1v) is 7.47. The molecule has 2 heterocycles. The van der Waals surface area contributed by atoms with E-state index in [0.717, 1.165) is 30.8 Å². The fourth-order valence-corrected chi connectivity index (χ4v) is 3.27. The number of benzene rings is 1. The Bertz CT molecular complexity index is 570. The molecule has 21 heavy (non-hydrogen) atoms. The highest BCUT2D eigenvalue weighted by Gasteiger charge is 2.40. The molecule has 0 radical (unpaired) electrons. The van der Waals surface area contributed by atoms with E-state index in [4.69, 9.17) is 0 Å². The van der Waals surface area contributed by atoms with Crippen LogP contribution in [0.5, 0.6) is 0 Å². The Balaban J connectivity index is 1.98.